The van der Waals surface area contributed by atoms with E-state index < -0.39 is 0 Å². The summed E-state index contributed by atoms with van der Waals surface area (Å²) in [5.74, 6) is 0.229. The molecule has 0 radical (unpaired) electrons. The van der Waals surface area contributed by atoms with Crippen LogP contribution >= 0.6 is 24.0 Å². The first-order chi connectivity index (χ1) is 7.69. The molecular weight excluding hydrogens is 332 g/mol. The van der Waals surface area contributed by atoms with Crippen molar-refractivity contribution in [2.75, 3.05) is 13.1 Å². The molecule has 5 heteroatoms. The Hall–Kier alpha value is -0.850. The van der Waals surface area contributed by atoms with Gasteiger partial charge in [-0.2, -0.15) is 0 Å². The quantitative estimate of drug-likeness (QED) is 0.515. The lowest BCUT2D eigenvalue weighted by atomic mass is 10.2. The fourth-order valence-electron chi connectivity index (χ4n) is 1.44. The summed E-state index contributed by atoms with van der Waals surface area (Å²) in [6.07, 6.45) is 0. The number of guanidine groups is 1. The van der Waals surface area contributed by atoms with Crippen LogP contribution in [0, 0.1) is 5.82 Å². The summed E-state index contributed by atoms with van der Waals surface area (Å²) in [6, 6.07) is 6.60. The number of hydrogen-bond acceptors (Lipinski definition) is 1. The Morgan fingerprint density at radius 2 is 1.88 bits per heavy atom. The molecule has 0 saturated heterocycles. The highest BCUT2D eigenvalue weighted by molar-refractivity contribution is 14.0. The molecule has 1 rings (SSSR count). The van der Waals surface area contributed by atoms with Crippen molar-refractivity contribution in [3.63, 3.8) is 0 Å². The maximum Gasteiger partial charge on any atom is 0.191 e. The second kappa shape index (κ2) is 8.27. The van der Waals surface area contributed by atoms with Crippen LogP contribution in [-0.2, 0) is 6.54 Å². The Kier molecular flexibility index (Phi) is 7.86. The number of nitrogens with zero attached hydrogens (tertiary/aromatic N) is 2. The van der Waals surface area contributed by atoms with E-state index in [9.17, 15) is 4.39 Å². The molecule has 0 heterocycles. The van der Waals surface area contributed by atoms with Crippen molar-refractivity contribution in [3.8, 4) is 0 Å². The van der Waals surface area contributed by atoms with Crippen LogP contribution in [0.2, 0.25) is 0 Å². The lowest BCUT2D eigenvalue weighted by Gasteiger charge is -2.19. The molecule has 0 aliphatic rings. The summed E-state index contributed by atoms with van der Waals surface area (Å²) in [5, 5.41) is 0. The molecule has 0 atom stereocenters. The highest BCUT2D eigenvalue weighted by Gasteiger charge is 2.03. The van der Waals surface area contributed by atoms with Gasteiger partial charge in [-0.3, -0.25) is 0 Å². The highest BCUT2D eigenvalue weighted by Crippen LogP contribution is 2.07. The zero-order chi connectivity index (χ0) is 12.0. The fourth-order valence-corrected chi connectivity index (χ4v) is 1.44. The third-order valence-electron chi connectivity index (χ3n) is 2.46. The maximum absolute atomic E-state index is 13.3. The van der Waals surface area contributed by atoms with Gasteiger partial charge < -0.3 is 10.6 Å². The summed E-state index contributed by atoms with van der Waals surface area (Å²) in [5.41, 5.74) is 6.36. The average Bonchev–Trinajstić information content (AvgIpc) is 2.29. The van der Waals surface area contributed by atoms with Crippen molar-refractivity contribution in [3.05, 3.63) is 35.6 Å². The fraction of sp³-hybridized carbons (Fsp3) is 0.417. The van der Waals surface area contributed by atoms with E-state index in [4.69, 9.17) is 5.73 Å². The van der Waals surface area contributed by atoms with Gasteiger partial charge in [0.2, 0.25) is 0 Å². The number of nitrogens with two attached hydrogens (primary N) is 1. The Labute approximate surface area is 119 Å². The molecule has 1 aromatic rings. The summed E-state index contributed by atoms with van der Waals surface area (Å²) >= 11 is 0. The molecule has 96 valence electrons. The molecule has 0 aromatic heterocycles. The normalized spacial score (nSPS) is 10.9. The molecule has 0 fully saturated rings. The van der Waals surface area contributed by atoms with Crippen LogP contribution < -0.4 is 5.73 Å². The van der Waals surface area contributed by atoms with Crippen molar-refractivity contribution < 1.29 is 4.39 Å². The lowest BCUT2D eigenvalue weighted by Crippen LogP contribution is -2.37. The van der Waals surface area contributed by atoms with Crippen LogP contribution in [0.15, 0.2) is 29.3 Å². The molecule has 0 aliphatic carbocycles. The first-order valence-electron chi connectivity index (χ1n) is 5.47. The van der Waals surface area contributed by atoms with Gasteiger partial charge >= 0.3 is 0 Å². The Balaban J connectivity index is 0.00000256. The average molecular weight is 351 g/mol. The third kappa shape index (κ3) is 4.89. The standard InChI is InChI=1S/C12H18FN3.HI/c1-3-16(4-2)12(14)15-9-10-7-5-6-8-11(10)13;/h5-8H,3-4,9H2,1-2H3,(H2,14,15);1H. The molecule has 2 N–H and O–H groups in total. The summed E-state index contributed by atoms with van der Waals surface area (Å²) < 4.78 is 13.3. The largest absolute Gasteiger partial charge is 0.370 e. The minimum Gasteiger partial charge on any atom is -0.370 e. The van der Waals surface area contributed by atoms with Gasteiger partial charge in [-0.05, 0) is 19.9 Å². The number of aliphatic imine (C=N–C) groups is 1. The summed E-state index contributed by atoms with van der Waals surface area (Å²) in [7, 11) is 0. The van der Waals surface area contributed by atoms with Crippen molar-refractivity contribution in [1.29, 1.82) is 0 Å². The van der Waals surface area contributed by atoms with E-state index in [1.54, 1.807) is 18.2 Å². The molecule has 0 amide bonds. The molecule has 0 saturated carbocycles. The van der Waals surface area contributed by atoms with Gasteiger partial charge in [0.1, 0.15) is 5.82 Å². The van der Waals surface area contributed by atoms with Crippen molar-refractivity contribution in [2.45, 2.75) is 20.4 Å². The van der Waals surface area contributed by atoms with Crippen LogP contribution in [0.3, 0.4) is 0 Å². The minimum absolute atomic E-state index is 0. The SMILES string of the molecule is CCN(CC)C(N)=NCc1ccccc1F.I. The van der Waals surface area contributed by atoms with Crippen molar-refractivity contribution >= 4 is 29.9 Å². The first-order valence-corrected chi connectivity index (χ1v) is 5.47. The second-order valence-electron chi connectivity index (χ2n) is 3.44. The number of halogens is 2. The van der Waals surface area contributed by atoms with Crippen molar-refractivity contribution in [1.82, 2.24) is 4.90 Å². The van der Waals surface area contributed by atoms with E-state index in [0.717, 1.165) is 13.1 Å². The molecule has 0 aliphatic heterocycles. The number of benzene rings is 1. The molecule has 1 aromatic carbocycles. The van der Waals surface area contributed by atoms with E-state index in [1.165, 1.54) is 6.07 Å². The number of hydrogen-bond donors (Lipinski definition) is 1. The third-order valence-corrected chi connectivity index (χ3v) is 2.46. The predicted octanol–water partition coefficient (Wildman–Crippen LogP) is 2.60. The van der Waals surface area contributed by atoms with Crippen LogP contribution in [0.5, 0.6) is 0 Å². The van der Waals surface area contributed by atoms with Crippen LogP contribution in [0.25, 0.3) is 0 Å². The lowest BCUT2D eigenvalue weighted by molar-refractivity contribution is 0.458. The molecule has 3 nitrogen and oxygen atoms in total. The van der Waals surface area contributed by atoms with Crippen LogP contribution in [-0.4, -0.2) is 23.9 Å². The van der Waals surface area contributed by atoms with Crippen molar-refractivity contribution in [2.24, 2.45) is 10.7 Å². The Morgan fingerprint density at radius 1 is 1.29 bits per heavy atom. The van der Waals surface area contributed by atoms with E-state index in [1.807, 2.05) is 18.7 Å². The van der Waals surface area contributed by atoms with E-state index in [-0.39, 0.29) is 36.3 Å². The second-order valence-corrected chi connectivity index (χ2v) is 3.44. The van der Waals surface area contributed by atoms with E-state index in [2.05, 4.69) is 4.99 Å². The van der Waals surface area contributed by atoms with Crippen LogP contribution in [0.1, 0.15) is 19.4 Å². The maximum atomic E-state index is 13.3. The van der Waals surface area contributed by atoms with Gasteiger partial charge in [0.15, 0.2) is 5.96 Å². The summed E-state index contributed by atoms with van der Waals surface area (Å²) in [6.45, 7) is 5.92. The molecule has 0 unspecified atom stereocenters. The van der Waals surface area contributed by atoms with Gasteiger partial charge in [-0.25, -0.2) is 9.38 Å². The van der Waals surface area contributed by atoms with E-state index >= 15 is 0 Å². The number of rotatable bonds is 4. The zero-order valence-electron chi connectivity index (χ0n) is 10.2. The molecule has 0 spiro atoms. The van der Waals surface area contributed by atoms with Gasteiger partial charge in [0, 0.05) is 18.7 Å². The molecule has 17 heavy (non-hydrogen) atoms. The molecular formula is C12H19FIN3. The van der Waals surface area contributed by atoms with E-state index in [0.29, 0.717) is 11.5 Å². The monoisotopic (exact) mass is 351 g/mol. The summed E-state index contributed by atoms with van der Waals surface area (Å²) in [4.78, 5) is 6.11. The first kappa shape index (κ1) is 16.1. The topological polar surface area (TPSA) is 41.6 Å². The predicted molar refractivity (Wildman–Crippen MR) is 80.1 cm³/mol. The highest BCUT2D eigenvalue weighted by atomic mass is 127. The van der Waals surface area contributed by atoms with Gasteiger partial charge in [-0.1, -0.05) is 18.2 Å². The van der Waals surface area contributed by atoms with Gasteiger partial charge in [0.25, 0.3) is 0 Å². The van der Waals surface area contributed by atoms with Crippen LogP contribution in [0.4, 0.5) is 4.39 Å². The smallest absolute Gasteiger partial charge is 0.191 e. The Morgan fingerprint density at radius 3 is 2.41 bits per heavy atom. The molecule has 0 bridgehead atoms. The van der Waals surface area contributed by atoms with Gasteiger partial charge in [-0.15, -0.1) is 24.0 Å². The Bertz CT molecular complexity index is 365. The van der Waals surface area contributed by atoms with Gasteiger partial charge in [0.05, 0.1) is 6.54 Å². The zero-order valence-corrected chi connectivity index (χ0v) is 12.5. The minimum atomic E-state index is -0.237.